The number of carbonyl (C=O) groups is 1. The minimum absolute atomic E-state index is 0.136. The Morgan fingerprint density at radius 3 is 2.26 bits per heavy atom. The van der Waals surface area contributed by atoms with Crippen LogP contribution in [0.25, 0.3) is 0 Å². The van der Waals surface area contributed by atoms with Crippen molar-refractivity contribution < 1.29 is 17.9 Å². The molecule has 2 aliphatic heterocycles. The Kier molecular flexibility index (Phi) is 3.31. The fourth-order valence-corrected chi connectivity index (χ4v) is 3.39. The Morgan fingerprint density at radius 1 is 1.26 bits per heavy atom. The average Bonchev–Trinajstić information content (AvgIpc) is 2.55. The van der Waals surface area contributed by atoms with Gasteiger partial charge in [-0.2, -0.15) is 12.7 Å². The SMILES string of the molecule is CC(C)(C)OC(=O)N1CC2(CCN(S(N)(=O)=O)C2)C1. The molecule has 2 heterocycles. The topological polar surface area (TPSA) is 92.9 Å². The highest BCUT2D eigenvalue weighted by molar-refractivity contribution is 7.86. The number of nitrogens with two attached hydrogens (primary N) is 1. The van der Waals surface area contributed by atoms with E-state index in [4.69, 9.17) is 9.88 Å². The Labute approximate surface area is 113 Å². The van der Waals surface area contributed by atoms with Gasteiger partial charge in [0.15, 0.2) is 0 Å². The van der Waals surface area contributed by atoms with Crippen molar-refractivity contribution in [3.8, 4) is 0 Å². The van der Waals surface area contributed by atoms with E-state index < -0.39 is 15.8 Å². The maximum Gasteiger partial charge on any atom is 0.410 e. The van der Waals surface area contributed by atoms with Crippen molar-refractivity contribution in [2.24, 2.45) is 10.6 Å². The summed E-state index contributed by atoms with van der Waals surface area (Å²) in [6, 6.07) is 0. The van der Waals surface area contributed by atoms with Gasteiger partial charge in [-0.15, -0.1) is 0 Å². The number of amides is 1. The van der Waals surface area contributed by atoms with Gasteiger partial charge in [0.05, 0.1) is 0 Å². The highest BCUT2D eigenvalue weighted by Gasteiger charge is 2.51. The van der Waals surface area contributed by atoms with Gasteiger partial charge in [0, 0.05) is 31.6 Å². The third-order valence-corrected chi connectivity index (χ3v) is 4.50. The van der Waals surface area contributed by atoms with E-state index in [1.54, 1.807) is 4.90 Å². The lowest BCUT2D eigenvalue weighted by Crippen LogP contribution is -2.60. The van der Waals surface area contributed by atoms with Gasteiger partial charge in [-0.25, -0.2) is 9.93 Å². The summed E-state index contributed by atoms with van der Waals surface area (Å²) >= 11 is 0. The second kappa shape index (κ2) is 4.32. The summed E-state index contributed by atoms with van der Waals surface area (Å²) in [4.78, 5) is 13.4. The molecule has 2 saturated heterocycles. The van der Waals surface area contributed by atoms with Crippen LogP contribution in [0.4, 0.5) is 4.79 Å². The van der Waals surface area contributed by atoms with Gasteiger partial charge >= 0.3 is 6.09 Å². The maximum absolute atomic E-state index is 11.8. The van der Waals surface area contributed by atoms with E-state index in [1.807, 2.05) is 20.8 Å². The molecular formula is C11H21N3O4S. The molecule has 2 rings (SSSR count). The molecule has 1 amide bonds. The van der Waals surface area contributed by atoms with Crippen LogP contribution in [0.1, 0.15) is 27.2 Å². The third-order valence-electron chi connectivity index (χ3n) is 3.47. The van der Waals surface area contributed by atoms with Crippen LogP contribution < -0.4 is 5.14 Å². The van der Waals surface area contributed by atoms with Crippen molar-refractivity contribution in [1.82, 2.24) is 9.21 Å². The molecule has 0 unspecified atom stereocenters. The smallest absolute Gasteiger partial charge is 0.410 e. The molecule has 2 fully saturated rings. The van der Waals surface area contributed by atoms with Gasteiger partial charge in [0.25, 0.3) is 10.2 Å². The molecule has 2 N–H and O–H groups in total. The van der Waals surface area contributed by atoms with Crippen molar-refractivity contribution in [2.45, 2.75) is 32.8 Å². The molecule has 2 aliphatic rings. The summed E-state index contributed by atoms with van der Waals surface area (Å²) in [5, 5.41) is 5.11. The zero-order valence-corrected chi connectivity index (χ0v) is 12.4. The number of hydrogen-bond acceptors (Lipinski definition) is 4. The summed E-state index contributed by atoms with van der Waals surface area (Å²) in [6.07, 6.45) is 0.398. The number of likely N-dealkylation sites (tertiary alicyclic amines) is 1. The van der Waals surface area contributed by atoms with Crippen LogP contribution in [0.5, 0.6) is 0 Å². The van der Waals surface area contributed by atoms with Crippen LogP contribution in [0.15, 0.2) is 0 Å². The molecule has 19 heavy (non-hydrogen) atoms. The monoisotopic (exact) mass is 291 g/mol. The van der Waals surface area contributed by atoms with Gasteiger partial charge in [0.1, 0.15) is 5.60 Å². The van der Waals surface area contributed by atoms with Crippen LogP contribution in [-0.4, -0.2) is 55.5 Å². The first-order valence-electron chi connectivity index (χ1n) is 6.27. The molecule has 8 heteroatoms. The molecule has 0 aromatic heterocycles. The second-order valence-electron chi connectivity index (χ2n) is 6.46. The summed E-state index contributed by atoms with van der Waals surface area (Å²) in [7, 11) is -3.62. The Balaban J connectivity index is 1.89. The van der Waals surface area contributed by atoms with Crippen LogP contribution in [0, 0.1) is 5.41 Å². The molecule has 7 nitrogen and oxygen atoms in total. The van der Waals surface area contributed by atoms with E-state index in [0.29, 0.717) is 26.2 Å². The van der Waals surface area contributed by atoms with Gasteiger partial charge < -0.3 is 9.64 Å². The zero-order chi connectivity index (χ0) is 14.5. The largest absolute Gasteiger partial charge is 0.444 e. The van der Waals surface area contributed by atoms with Gasteiger partial charge in [0.2, 0.25) is 0 Å². The molecule has 0 aromatic carbocycles. The Hall–Kier alpha value is -0.860. The summed E-state index contributed by atoms with van der Waals surface area (Å²) < 4.78 is 29.1. The zero-order valence-electron chi connectivity index (χ0n) is 11.5. The molecule has 1 spiro atoms. The average molecular weight is 291 g/mol. The van der Waals surface area contributed by atoms with E-state index in [2.05, 4.69) is 0 Å². The van der Waals surface area contributed by atoms with Gasteiger partial charge in [-0.05, 0) is 27.2 Å². The fourth-order valence-electron chi connectivity index (χ4n) is 2.59. The molecule has 0 radical (unpaired) electrons. The minimum Gasteiger partial charge on any atom is -0.444 e. The normalized spacial score (nSPS) is 23.5. The summed E-state index contributed by atoms with van der Waals surface area (Å²) in [6.45, 7) is 7.35. The number of hydrogen-bond donors (Lipinski definition) is 1. The standard InChI is InChI=1S/C11H21N3O4S/c1-10(2,3)18-9(15)13-6-11(7-13)4-5-14(8-11)19(12,16)17/h4-8H2,1-3H3,(H2,12,16,17). The second-order valence-corrected chi connectivity index (χ2v) is 8.01. The molecule has 0 aliphatic carbocycles. The number of ether oxygens (including phenoxy) is 1. The minimum atomic E-state index is -3.62. The van der Waals surface area contributed by atoms with Crippen molar-refractivity contribution >= 4 is 16.3 Å². The van der Waals surface area contributed by atoms with Crippen LogP contribution >= 0.6 is 0 Å². The first kappa shape index (κ1) is 14.5. The van der Waals surface area contributed by atoms with E-state index in [0.717, 1.165) is 6.42 Å². The fraction of sp³-hybridized carbons (Fsp3) is 0.909. The van der Waals surface area contributed by atoms with Crippen molar-refractivity contribution in [2.75, 3.05) is 26.2 Å². The molecule has 110 valence electrons. The van der Waals surface area contributed by atoms with Crippen LogP contribution in [0.2, 0.25) is 0 Å². The van der Waals surface area contributed by atoms with E-state index in [1.165, 1.54) is 4.31 Å². The molecule has 0 atom stereocenters. The van der Waals surface area contributed by atoms with Crippen LogP contribution in [-0.2, 0) is 14.9 Å². The van der Waals surface area contributed by atoms with E-state index in [-0.39, 0.29) is 11.5 Å². The summed E-state index contributed by atoms with van der Waals surface area (Å²) in [5.41, 5.74) is -0.647. The Morgan fingerprint density at radius 2 is 1.84 bits per heavy atom. The predicted octanol–water partition coefficient (Wildman–Crippen LogP) is 0.133. The maximum atomic E-state index is 11.8. The third kappa shape index (κ3) is 3.18. The first-order valence-corrected chi connectivity index (χ1v) is 7.77. The van der Waals surface area contributed by atoms with Gasteiger partial charge in [-0.1, -0.05) is 0 Å². The predicted molar refractivity (Wildman–Crippen MR) is 69.5 cm³/mol. The molecule has 0 saturated carbocycles. The number of carbonyl (C=O) groups excluding carboxylic acids is 1. The van der Waals surface area contributed by atoms with Crippen LogP contribution in [0.3, 0.4) is 0 Å². The lowest BCUT2D eigenvalue weighted by atomic mass is 9.79. The molecular weight excluding hydrogens is 270 g/mol. The van der Waals surface area contributed by atoms with Gasteiger partial charge in [-0.3, -0.25) is 0 Å². The van der Waals surface area contributed by atoms with Crippen molar-refractivity contribution in [1.29, 1.82) is 0 Å². The lowest BCUT2D eigenvalue weighted by Gasteiger charge is -2.47. The highest BCUT2D eigenvalue weighted by atomic mass is 32.2. The number of rotatable bonds is 1. The van der Waals surface area contributed by atoms with E-state index in [9.17, 15) is 13.2 Å². The Bertz CT molecular complexity index is 477. The quantitative estimate of drug-likeness (QED) is 0.743. The van der Waals surface area contributed by atoms with Crippen molar-refractivity contribution in [3.05, 3.63) is 0 Å². The summed E-state index contributed by atoms with van der Waals surface area (Å²) in [5.74, 6) is 0. The molecule has 0 aromatic rings. The lowest BCUT2D eigenvalue weighted by molar-refractivity contribution is -0.0286. The number of nitrogens with zero attached hydrogens (tertiary/aromatic N) is 2. The van der Waals surface area contributed by atoms with Crippen molar-refractivity contribution in [3.63, 3.8) is 0 Å². The first-order chi connectivity index (χ1) is 8.51. The molecule has 0 bridgehead atoms. The highest BCUT2D eigenvalue weighted by Crippen LogP contribution is 2.40. The van der Waals surface area contributed by atoms with E-state index >= 15 is 0 Å².